The molecule has 0 unspecified atom stereocenters. The molecule has 3 rings (SSSR count). The summed E-state index contributed by atoms with van der Waals surface area (Å²) in [5.74, 6) is 2.32. The minimum Gasteiger partial charge on any atom is -0.497 e. The van der Waals surface area contributed by atoms with Gasteiger partial charge in [0.25, 0.3) is 0 Å². The standard InChI is InChI=1S/C19H26N4O/c1-14-12-18(21-15-8-5-3-4-6-9-15)23-19(20-14)22-16-10-7-11-17(13-16)24-2/h7,10-13,15H,3-6,8-9H2,1-2H3,(H2,20,21,22,23). The molecule has 2 N–H and O–H groups in total. The van der Waals surface area contributed by atoms with Crippen LogP contribution < -0.4 is 15.4 Å². The first-order valence-corrected chi connectivity index (χ1v) is 8.76. The smallest absolute Gasteiger partial charge is 0.229 e. The molecule has 2 aromatic rings. The molecule has 0 radical (unpaired) electrons. The van der Waals surface area contributed by atoms with Gasteiger partial charge in [0.1, 0.15) is 11.6 Å². The second-order valence-corrected chi connectivity index (χ2v) is 6.41. The molecule has 0 amide bonds. The van der Waals surface area contributed by atoms with Crippen molar-refractivity contribution in [3.8, 4) is 5.75 Å². The highest BCUT2D eigenvalue weighted by atomic mass is 16.5. The van der Waals surface area contributed by atoms with Gasteiger partial charge in [-0.15, -0.1) is 0 Å². The maximum atomic E-state index is 5.26. The van der Waals surface area contributed by atoms with Gasteiger partial charge in [0.2, 0.25) is 5.95 Å². The molecule has 128 valence electrons. The van der Waals surface area contributed by atoms with Gasteiger partial charge >= 0.3 is 0 Å². The number of nitrogens with one attached hydrogen (secondary N) is 2. The van der Waals surface area contributed by atoms with E-state index in [-0.39, 0.29) is 0 Å². The fraction of sp³-hybridized carbons (Fsp3) is 0.474. The molecule has 0 atom stereocenters. The summed E-state index contributed by atoms with van der Waals surface area (Å²) in [6.07, 6.45) is 7.75. The molecule has 0 aliphatic heterocycles. The normalized spacial score (nSPS) is 15.6. The number of anilines is 3. The number of nitrogens with zero attached hydrogens (tertiary/aromatic N) is 2. The van der Waals surface area contributed by atoms with Crippen molar-refractivity contribution < 1.29 is 4.74 Å². The third-order valence-corrected chi connectivity index (χ3v) is 4.39. The first kappa shape index (κ1) is 16.6. The van der Waals surface area contributed by atoms with E-state index >= 15 is 0 Å². The largest absolute Gasteiger partial charge is 0.497 e. The third kappa shape index (κ3) is 4.60. The Hall–Kier alpha value is -2.30. The molecular weight excluding hydrogens is 300 g/mol. The maximum absolute atomic E-state index is 5.26. The van der Waals surface area contributed by atoms with Gasteiger partial charge in [-0.2, -0.15) is 4.98 Å². The lowest BCUT2D eigenvalue weighted by atomic mass is 10.1. The van der Waals surface area contributed by atoms with Crippen molar-refractivity contribution in [1.82, 2.24) is 9.97 Å². The van der Waals surface area contributed by atoms with Crippen molar-refractivity contribution in [1.29, 1.82) is 0 Å². The predicted octanol–water partition coefficient (Wildman–Crippen LogP) is 4.67. The van der Waals surface area contributed by atoms with Gasteiger partial charge in [-0.3, -0.25) is 0 Å². The molecule has 1 aliphatic rings. The molecule has 1 aromatic carbocycles. The molecule has 5 nitrogen and oxygen atoms in total. The van der Waals surface area contributed by atoms with Crippen molar-refractivity contribution >= 4 is 17.5 Å². The average Bonchev–Trinajstić information content (AvgIpc) is 2.83. The number of hydrogen-bond donors (Lipinski definition) is 2. The Morgan fingerprint density at radius 2 is 1.83 bits per heavy atom. The Morgan fingerprint density at radius 3 is 2.58 bits per heavy atom. The summed E-state index contributed by atoms with van der Waals surface area (Å²) in [4.78, 5) is 9.13. The minimum atomic E-state index is 0.520. The van der Waals surface area contributed by atoms with E-state index in [1.807, 2.05) is 37.3 Å². The lowest BCUT2D eigenvalue weighted by Crippen LogP contribution is -2.19. The van der Waals surface area contributed by atoms with Gasteiger partial charge in [-0.25, -0.2) is 4.98 Å². The summed E-state index contributed by atoms with van der Waals surface area (Å²) >= 11 is 0. The lowest BCUT2D eigenvalue weighted by molar-refractivity contribution is 0.415. The Morgan fingerprint density at radius 1 is 1.04 bits per heavy atom. The van der Waals surface area contributed by atoms with Gasteiger partial charge < -0.3 is 15.4 Å². The van der Waals surface area contributed by atoms with Crippen LogP contribution in [-0.2, 0) is 0 Å². The summed E-state index contributed by atoms with van der Waals surface area (Å²) in [6.45, 7) is 2.00. The lowest BCUT2D eigenvalue weighted by Gasteiger charge is -2.18. The Balaban J connectivity index is 1.73. The summed E-state index contributed by atoms with van der Waals surface area (Å²) in [7, 11) is 1.66. The zero-order valence-corrected chi connectivity index (χ0v) is 14.5. The number of rotatable bonds is 5. The zero-order valence-electron chi connectivity index (χ0n) is 14.5. The van der Waals surface area contributed by atoms with E-state index < -0.39 is 0 Å². The van der Waals surface area contributed by atoms with E-state index in [1.165, 1.54) is 38.5 Å². The quantitative estimate of drug-likeness (QED) is 0.782. The van der Waals surface area contributed by atoms with Gasteiger partial charge in [-0.05, 0) is 31.9 Å². The van der Waals surface area contributed by atoms with Crippen LogP contribution in [0.4, 0.5) is 17.5 Å². The van der Waals surface area contributed by atoms with Crippen LogP contribution in [0.2, 0.25) is 0 Å². The minimum absolute atomic E-state index is 0.520. The van der Waals surface area contributed by atoms with E-state index in [9.17, 15) is 0 Å². The van der Waals surface area contributed by atoms with Crippen LogP contribution in [0, 0.1) is 6.92 Å². The summed E-state index contributed by atoms with van der Waals surface area (Å²) in [5.41, 5.74) is 1.87. The molecule has 0 bridgehead atoms. The van der Waals surface area contributed by atoms with E-state index in [0.717, 1.165) is 22.9 Å². The fourth-order valence-electron chi connectivity index (χ4n) is 3.16. The first-order chi connectivity index (χ1) is 11.7. The summed E-state index contributed by atoms with van der Waals surface area (Å²) in [5, 5.41) is 6.86. The van der Waals surface area contributed by atoms with E-state index in [4.69, 9.17) is 4.74 Å². The number of methoxy groups -OCH3 is 1. The first-order valence-electron chi connectivity index (χ1n) is 8.76. The van der Waals surface area contributed by atoms with Crippen molar-refractivity contribution in [2.45, 2.75) is 51.5 Å². The topological polar surface area (TPSA) is 59.1 Å². The monoisotopic (exact) mass is 326 g/mol. The van der Waals surface area contributed by atoms with Crippen molar-refractivity contribution in [2.75, 3.05) is 17.7 Å². The molecular formula is C19H26N4O. The van der Waals surface area contributed by atoms with Gasteiger partial charge in [0.15, 0.2) is 0 Å². The van der Waals surface area contributed by atoms with Crippen molar-refractivity contribution in [2.24, 2.45) is 0 Å². The average molecular weight is 326 g/mol. The van der Waals surface area contributed by atoms with Crippen LogP contribution in [0.25, 0.3) is 0 Å². The maximum Gasteiger partial charge on any atom is 0.229 e. The second kappa shape index (κ2) is 7.99. The van der Waals surface area contributed by atoms with E-state index in [2.05, 4.69) is 20.6 Å². The van der Waals surface area contributed by atoms with Crippen molar-refractivity contribution in [3.63, 3.8) is 0 Å². The molecule has 1 fully saturated rings. The number of hydrogen-bond acceptors (Lipinski definition) is 5. The number of benzene rings is 1. The fourth-order valence-corrected chi connectivity index (χ4v) is 3.16. The highest BCUT2D eigenvalue weighted by molar-refractivity contribution is 5.57. The molecule has 1 aliphatic carbocycles. The number of ether oxygens (including phenoxy) is 1. The zero-order chi connectivity index (χ0) is 16.8. The molecule has 0 spiro atoms. The van der Waals surface area contributed by atoms with Crippen molar-refractivity contribution in [3.05, 3.63) is 36.0 Å². The molecule has 0 saturated heterocycles. The van der Waals surface area contributed by atoms with Gasteiger partial charge in [0, 0.05) is 29.6 Å². The second-order valence-electron chi connectivity index (χ2n) is 6.41. The third-order valence-electron chi connectivity index (χ3n) is 4.39. The van der Waals surface area contributed by atoms with Crippen LogP contribution in [0.1, 0.15) is 44.2 Å². The molecule has 1 saturated carbocycles. The van der Waals surface area contributed by atoms with Crippen LogP contribution in [-0.4, -0.2) is 23.1 Å². The molecule has 5 heteroatoms. The van der Waals surface area contributed by atoms with E-state index in [0.29, 0.717) is 12.0 Å². The van der Waals surface area contributed by atoms with Gasteiger partial charge in [-0.1, -0.05) is 31.7 Å². The number of aromatic nitrogens is 2. The molecule has 1 aromatic heterocycles. The predicted molar refractivity (Wildman–Crippen MR) is 98.2 cm³/mol. The Labute approximate surface area is 143 Å². The van der Waals surface area contributed by atoms with E-state index in [1.54, 1.807) is 7.11 Å². The van der Waals surface area contributed by atoms with Crippen LogP contribution in [0.15, 0.2) is 30.3 Å². The summed E-state index contributed by atoms with van der Waals surface area (Å²) in [6, 6.07) is 10.3. The van der Waals surface area contributed by atoms with Crippen LogP contribution in [0.3, 0.4) is 0 Å². The van der Waals surface area contributed by atoms with Crippen LogP contribution >= 0.6 is 0 Å². The summed E-state index contributed by atoms with van der Waals surface area (Å²) < 4.78 is 5.26. The molecule has 24 heavy (non-hydrogen) atoms. The Kier molecular flexibility index (Phi) is 5.51. The van der Waals surface area contributed by atoms with Crippen LogP contribution in [0.5, 0.6) is 5.75 Å². The highest BCUT2D eigenvalue weighted by Crippen LogP contribution is 2.23. The molecule has 1 heterocycles. The SMILES string of the molecule is COc1cccc(Nc2nc(C)cc(NC3CCCCCC3)n2)c1. The van der Waals surface area contributed by atoms with Gasteiger partial charge in [0.05, 0.1) is 7.11 Å². The number of aryl methyl sites for hydroxylation is 1. The highest BCUT2D eigenvalue weighted by Gasteiger charge is 2.13. The Bertz CT molecular complexity index is 666.